The summed E-state index contributed by atoms with van der Waals surface area (Å²) in [5.74, 6) is 1.96. The number of nitrogens with one attached hydrogen (secondary N) is 1. The number of fused-ring (bicyclic) bond motifs is 1. The zero-order valence-corrected chi connectivity index (χ0v) is 22.5. The molecule has 0 amide bonds. The van der Waals surface area contributed by atoms with Crippen LogP contribution in [0.15, 0.2) is 48.9 Å². The van der Waals surface area contributed by atoms with Gasteiger partial charge in [-0.15, -0.1) is 0 Å². The highest BCUT2D eigenvalue weighted by Gasteiger charge is 2.30. The highest BCUT2D eigenvalue weighted by Crippen LogP contribution is 2.30. The molecule has 0 saturated carbocycles. The number of nitrogens with zero attached hydrogens (tertiary/aromatic N) is 7. The van der Waals surface area contributed by atoms with Crippen molar-refractivity contribution in [3.05, 3.63) is 60.0 Å². The van der Waals surface area contributed by atoms with Crippen LogP contribution in [0.2, 0.25) is 0 Å². The Balaban J connectivity index is 1.29. The summed E-state index contributed by atoms with van der Waals surface area (Å²) in [6.45, 7) is 7.93. The number of alkyl halides is 3. The van der Waals surface area contributed by atoms with E-state index in [0.29, 0.717) is 54.7 Å². The minimum Gasteiger partial charge on any atom is -0.379 e. The van der Waals surface area contributed by atoms with Gasteiger partial charge in [-0.3, -0.25) is 4.90 Å². The molecule has 0 atom stereocenters. The molecule has 3 aromatic heterocycles. The van der Waals surface area contributed by atoms with Crippen molar-refractivity contribution in [2.24, 2.45) is 0 Å². The van der Waals surface area contributed by atoms with Crippen LogP contribution < -0.4 is 10.2 Å². The third-order valence-corrected chi connectivity index (χ3v) is 7.26. The molecule has 0 aliphatic carbocycles. The molecule has 2 saturated heterocycles. The summed E-state index contributed by atoms with van der Waals surface area (Å²) in [4.78, 5) is 23.4. The van der Waals surface area contributed by atoms with Gasteiger partial charge in [-0.1, -0.05) is 12.1 Å². The Morgan fingerprint density at radius 2 is 1.59 bits per heavy atom. The van der Waals surface area contributed by atoms with Gasteiger partial charge in [-0.2, -0.15) is 13.2 Å². The van der Waals surface area contributed by atoms with E-state index in [1.165, 1.54) is 12.1 Å². The number of hydrogen-bond acceptors (Lipinski definition) is 9. The second-order valence-electron chi connectivity index (χ2n) is 10.0. The minimum atomic E-state index is -4.38. The van der Waals surface area contributed by atoms with Crippen LogP contribution in [0.4, 0.5) is 24.8 Å². The van der Waals surface area contributed by atoms with E-state index in [9.17, 15) is 13.2 Å². The van der Waals surface area contributed by atoms with Crippen LogP contribution in [0, 0.1) is 0 Å². The Kier molecular flexibility index (Phi) is 7.99. The molecule has 5 heterocycles. The Hall–Kier alpha value is -3.81. The van der Waals surface area contributed by atoms with Gasteiger partial charge in [0.2, 0.25) is 0 Å². The lowest BCUT2D eigenvalue weighted by Crippen LogP contribution is -2.39. The van der Waals surface area contributed by atoms with Gasteiger partial charge in [-0.25, -0.2) is 19.9 Å². The molecule has 216 valence electrons. The summed E-state index contributed by atoms with van der Waals surface area (Å²) in [7, 11) is 0. The van der Waals surface area contributed by atoms with Crippen molar-refractivity contribution in [2.45, 2.75) is 12.7 Å². The van der Waals surface area contributed by atoms with Crippen LogP contribution in [-0.2, 0) is 22.2 Å². The van der Waals surface area contributed by atoms with E-state index in [0.717, 1.165) is 69.5 Å². The van der Waals surface area contributed by atoms with E-state index in [2.05, 4.69) is 25.1 Å². The fourth-order valence-corrected chi connectivity index (χ4v) is 4.96. The SMILES string of the molecule is FC(F)(F)c1ccc(Cn2cnc3c(NCCN4CCOCC4)nc(-c4ccc(N5CCOCC5)nc4)nc32)cc1. The van der Waals surface area contributed by atoms with Crippen molar-refractivity contribution in [2.75, 3.05) is 75.9 Å². The molecule has 0 spiro atoms. The summed E-state index contributed by atoms with van der Waals surface area (Å²) in [6, 6.07) is 9.05. The first-order valence-corrected chi connectivity index (χ1v) is 13.7. The first-order valence-electron chi connectivity index (χ1n) is 13.7. The topological polar surface area (TPSA) is 93.5 Å². The fraction of sp³-hybridized carbons (Fsp3) is 0.429. The van der Waals surface area contributed by atoms with Crippen molar-refractivity contribution in [1.29, 1.82) is 0 Å². The van der Waals surface area contributed by atoms with Gasteiger partial charge < -0.3 is 24.3 Å². The van der Waals surface area contributed by atoms with Gasteiger partial charge in [-0.05, 0) is 29.8 Å². The van der Waals surface area contributed by atoms with Crippen molar-refractivity contribution < 1.29 is 22.6 Å². The maximum absolute atomic E-state index is 13.0. The number of hydrogen-bond donors (Lipinski definition) is 1. The Bertz CT molecular complexity index is 1450. The highest BCUT2D eigenvalue weighted by atomic mass is 19.4. The molecule has 2 fully saturated rings. The predicted molar refractivity (Wildman–Crippen MR) is 148 cm³/mol. The van der Waals surface area contributed by atoms with Crippen molar-refractivity contribution in [3.8, 4) is 11.4 Å². The first kappa shape index (κ1) is 27.4. The molecule has 6 rings (SSSR count). The zero-order valence-electron chi connectivity index (χ0n) is 22.5. The maximum atomic E-state index is 13.0. The molecule has 4 aromatic rings. The molecular weight excluding hydrogens is 537 g/mol. The monoisotopic (exact) mass is 568 g/mol. The summed E-state index contributed by atoms with van der Waals surface area (Å²) in [6.07, 6.45) is -0.969. The number of aromatic nitrogens is 5. The van der Waals surface area contributed by atoms with Gasteiger partial charge in [0.1, 0.15) is 11.3 Å². The van der Waals surface area contributed by atoms with Gasteiger partial charge in [0.15, 0.2) is 17.3 Å². The average Bonchev–Trinajstić information content (AvgIpc) is 3.40. The van der Waals surface area contributed by atoms with Crippen LogP contribution in [-0.4, -0.2) is 95.1 Å². The number of halogens is 3. The molecule has 0 radical (unpaired) electrons. The van der Waals surface area contributed by atoms with Gasteiger partial charge in [0, 0.05) is 51.0 Å². The molecular formula is C28H31F3N8O2. The molecule has 1 aromatic carbocycles. The normalized spacial score (nSPS) is 16.8. The summed E-state index contributed by atoms with van der Waals surface area (Å²) in [5.41, 5.74) is 1.96. The standard InChI is InChI=1S/C28H31F3N8O2/c29-28(30,31)22-4-1-20(2-5-22)18-39-19-34-24-26(32-7-8-37-9-13-40-14-10-37)35-25(36-27(24)39)21-3-6-23(33-17-21)38-11-15-41-16-12-38/h1-6,17,19H,7-16,18H2,(H,32,35,36). The number of ether oxygens (including phenoxy) is 2. The molecule has 0 unspecified atom stereocenters. The van der Waals surface area contributed by atoms with Gasteiger partial charge in [0.25, 0.3) is 0 Å². The largest absolute Gasteiger partial charge is 0.416 e. The van der Waals surface area contributed by atoms with Crippen LogP contribution in [0.25, 0.3) is 22.6 Å². The van der Waals surface area contributed by atoms with Crippen LogP contribution in [0.3, 0.4) is 0 Å². The molecule has 2 aliphatic rings. The molecule has 13 heteroatoms. The van der Waals surface area contributed by atoms with E-state index in [1.807, 2.05) is 16.7 Å². The zero-order chi connectivity index (χ0) is 28.2. The average molecular weight is 569 g/mol. The van der Waals surface area contributed by atoms with E-state index in [-0.39, 0.29) is 0 Å². The smallest absolute Gasteiger partial charge is 0.379 e. The van der Waals surface area contributed by atoms with E-state index in [4.69, 9.17) is 19.4 Å². The third-order valence-electron chi connectivity index (χ3n) is 7.26. The molecule has 1 N–H and O–H groups in total. The van der Waals surface area contributed by atoms with E-state index < -0.39 is 11.7 Å². The second kappa shape index (κ2) is 12.0. The number of morpholine rings is 2. The Labute approximate surface area is 235 Å². The summed E-state index contributed by atoms with van der Waals surface area (Å²) < 4.78 is 51.8. The van der Waals surface area contributed by atoms with Gasteiger partial charge in [0.05, 0.1) is 44.9 Å². The fourth-order valence-electron chi connectivity index (χ4n) is 4.96. The lowest BCUT2D eigenvalue weighted by Gasteiger charge is -2.27. The van der Waals surface area contributed by atoms with E-state index >= 15 is 0 Å². The molecule has 10 nitrogen and oxygen atoms in total. The molecule has 0 bridgehead atoms. The number of imidazole rings is 1. The van der Waals surface area contributed by atoms with E-state index in [1.54, 1.807) is 12.5 Å². The third kappa shape index (κ3) is 6.42. The van der Waals surface area contributed by atoms with Crippen molar-refractivity contribution in [3.63, 3.8) is 0 Å². The molecule has 2 aliphatic heterocycles. The Morgan fingerprint density at radius 3 is 2.27 bits per heavy atom. The second-order valence-corrected chi connectivity index (χ2v) is 10.0. The number of pyridine rings is 1. The lowest BCUT2D eigenvalue weighted by molar-refractivity contribution is -0.137. The van der Waals surface area contributed by atoms with Crippen molar-refractivity contribution >= 4 is 22.8 Å². The number of rotatable bonds is 8. The highest BCUT2D eigenvalue weighted by molar-refractivity contribution is 5.85. The predicted octanol–water partition coefficient (Wildman–Crippen LogP) is 3.54. The molecule has 41 heavy (non-hydrogen) atoms. The van der Waals surface area contributed by atoms with Crippen LogP contribution in [0.1, 0.15) is 11.1 Å². The lowest BCUT2D eigenvalue weighted by atomic mass is 10.1. The number of anilines is 2. The summed E-state index contributed by atoms with van der Waals surface area (Å²) in [5, 5.41) is 3.43. The van der Waals surface area contributed by atoms with Crippen molar-refractivity contribution in [1.82, 2.24) is 29.4 Å². The summed E-state index contributed by atoms with van der Waals surface area (Å²) >= 11 is 0. The minimum absolute atomic E-state index is 0.312. The number of benzene rings is 1. The van der Waals surface area contributed by atoms with Gasteiger partial charge >= 0.3 is 6.18 Å². The quantitative estimate of drug-likeness (QED) is 0.343. The maximum Gasteiger partial charge on any atom is 0.416 e. The van der Waals surface area contributed by atoms with Crippen LogP contribution in [0.5, 0.6) is 0 Å². The van der Waals surface area contributed by atoms with Crippen LogP contribution >= 0.6 is 0 Å². The first-order chi connectivity index (χ1) is 19.9. The Morgan fingerprint density at radius 1 is 0.854 bits per heavy atom.